The van der Waals surface area contributed by atoms with E-state index in [9.17, 15) is 5.11 Å². The summed E-state index contributed by atoms with van der Waals surface area (Å²) in [4.78, 5) is 0. The summed E-state index contributed by atoms with van der Waals surface area (Å²) in [5, 5.41) is 13.1. The number of ether oxygens (including phenoxy) is 1. The summed E-state index contributed by atoms with van der Waals surface area (Å²) in [5.74, 6) is 1.48. The Kier molecular flexibility index (Phi) is 5.86. The van der Waals surface area contributed by atoms with Crippen molar-refractivity contribution in [1.29, 1.82) is 0 Å². The first-order valence-electron chi connectivity index (χ1n) is 7.78. The molecule has 1 aromatic rings. The van der Waals surface area contributed by atoms with Gasteiger partial charge in [-0.2, -0.15) is 0 Å². The number of hydrogen-bond donors (Lipinski definition) is 2. The van der Waals surface area contributed by atoms with Gasteiger partial charge in [0.15, 0.2) is 0 Å². The van der Waals surface area contributed by atoms with Crippen LogP contribution in [0.1, 0.15) is 37.8 Å². The van der Waals surface area contributed by atoms with Crippen molar-refractivity contribution >= 4 is 0 Å². The Balaban J connectivity index is 1.76. The van der Waals surface area contributed by atoms with E-state index in [0.29, 0.717) is 19.1 Å². The van der Waals surface area contributed by atoms with Gasteiger partial charge in [0.1, 0.15) is 18.5 Å². The van der Waals surface area contributed by atoms with Crippen molar-refractivity contribution in [3.8, 4) is 5.75 Å². The number of hydrogen-bond acceptors (Lipinski definition) is 3. The molecule has 0 saturated heterocycles. The molecule has 112 valence electrons. The lowest BCUT2D eigenvalue weighted by atomic mass is 9.92. The van der Waals surface area contributed by atoms with Crippen LogP contribution in [0.25, 0.3) is 0 Å². The van der Waals surface area contributed by atoms with E-state index in [0.717, 1.165) is 18.7 Å². The van der Waals surface area contributed by atoms with E-state index in [1.165, 1.54) is 30.4 Å². The third-order valence-corrected chi connectivity index (χ3v) is 3.69. The first kappa shape index (κ1) is 15.3. The van der Waals surface area contributed by atoms with E-state index in [2.05, 4.69) is 31.3 Å². The van der Waals surface area contributed by atoms with Gasteiger partial charge in [0.2, 0.25) is 0 Å². The highest BCUT2D eigenvalue weighted by molar-refractivity contribution is 5.37. The molecule has 0 radical (unpaired) electrons. The molecule has 0 amide bonds. The number of aliphatic hydroxyl groups is 1. The summed E-state index contributed by atoms with van der Waals surface area (Å²) in [6.45, 7) is 6.18. The number of aliphatic hydroxyl groups excluding tert-OH is 1. The fraction of sp³-hybridized carbons (Fsp3) is 0.647. The Morgan fingerprint density at radius 2 is 1.90 bits per heavy atom. The zero-order valence-electron chi connectivity index (χ0n) is 12.7. The average Bonchev–Trinajstić information content (AvgIpc) is 2.44. The molecule has 1 aliphatic rings. The Labute approximate surface area is 122 Å². The Morgan fingerprint density at radius 3 is 2.65 bits per heavy atom. The molecular weight excluding hydrogens is 250 g/mol. The molecule has 1 unspecified atom stereocenters. The van der Waals surface area contributed by atoms with Gasteiger partial charge in [-0.05, 0) is 61.4 Å². The van der Waals surface area contributed by atoms with Crippen molar-refractivity contribution in [2.45, 2.75) is 45.6 Å². The molecule has 0 heterocycles. The number of fused-ring (bicyclic) bond motifs is 1. The first-order valence-corrected chi connectivity index (χ1v) is 7.78. The molecule has 2 N–H and O–H groups in total. The van der Waals surface area contributed by atoms with Crippen molar-refractivity contribution in [3.63, 3.8) is 0 Å². The standard InChI is InChI=1S/C17H27NO2/c1-13(2)10-18-11-16(19)12-20-17-8-7-14-5-3-4-6-15(14)9-17/h7-9,13,16,18-19H,3-6,10-12H2,1-2H3. The van der Waals surface area contributed by atoms with Crippen LogP contribution in [0.3, 0.4) is 0 Å². The SMILES string of the molecule is CC(C)CNCC(O)COc1ccc2c(c1)CCCC2. The van der Waals surface area contributed by atoms with Crippen molar-refractivity contribution < 1.29 is 9.84 Å². The largest absolute Gasteiger partial charge is 0.491 e. The van der Waals surface area contributed by atoms with Crippen molar-refractivity contribution in [2.75, 3.05) is 19.7 Å². The van der Waals surface area contributed by atoms with Gasteiger partial charge in [0.05, 0.1) is 0 Å². The minimum Gasteiger partial charge on any atom is -0.491 e. The second kappa shape index (κ2) is 7.65. The molecule has 1 aliphatic carbocycles. The minimum absolute atomic E-state index is 0.351. The zero-order valence-corrected chi connectivity index (χ0v) is 12.7. The minimum atomic E-state index is -0.454. The summed E-state index contributed by atoms with van der Waals surface area (Å²) in [6, 6.07) is 6.34. The van der Waals surface area contributed by atoms with Crippen LogP contribution in [0.15, 0.2) is 18.2 Å². The van der Waals surface area contributed by atoms with Gasteiger partial charge >= 0.3 is 0 Å². The van der Waals surface area contributed by atoms with Crippen LogP contribution in [0.4, 0.5) is 0 Å². The molecule has 0 aliphatic heterocycles. The summed E-state index contributed by atoms with van der Waals surface area (Å²) >= 11 is 0. The number of nitrogens with one attached hydrogen (secondary N) is 1. The molecule has 20 heavy (non-hydrogen) atoms. The lowest BCUT2D eigenvalue weighted by molar-refractivity contribution is 0.106. The van der Waals surface area contributed by atoms with Gasteiger partial charge in [-0.25, -0.2) is 0 Å². The van der Waals surface area contributed by atoms with Gasteiger partial charge < -0.3 is 15.2 Å². The maximum atomic E-state index is 9.87. The predicted octanol–water partition coefficient (Wildman–Crippen LogP) is 2.55. The van der Waals surface area contributed by atoms with Crippen LogP contribution in [0, 0.1) is 5.92 Å². The van der Waals surface area contributed by atoms with Gasteiger partial charge in [0.25, 0.3) is 0 Å². The monoisotopic (exact) mass is 277 g/mol. The molecule has 0 spiro atoms. The molecule has 1 atom stereocenters. The van der Waals surface area contributed by atoms with E-state index < -0.39 is 6.10 Å². The van der Waals surface area contributed by atoms with E-state index in [1.54, 1.807) is 0 Å². The summed E-state index contributed by atoms with van der Waals surface area (Å²) in [6.07, 6.45) is 4.47. The number of rotatable bonds is 7. The van der Waals surface area contributed by atoms with Crippen LogP contribution >= 0.6 is 0 Å². The summed E-state index contributed by atoms with van der Waals surface area (Å²) in [5.41, 5.74) is 2.88. The lowest BCUT2D eigenvalue weighted by Gasteiger charge is -2.18. The van der Waals surface area contributed by atoms with Gasteiger partial charge in [-0.1, -0.05) is 19.9 Å². The van der Waals surface area contributed by atoms with Gasteiger partial charge in [0, 0.05) is 6.54 Å². The third-order valence-electron chi connectivity index (χ3n) is 3.69. The maximum absolute atomic E-state index is 9.87. The number of benzene rings is 1. The fourth-order valence-corrected chi connectivity index (χ4v) is 2.59. The Morgan fingerprint density at radius 1 is 1.15 bits per heavy atom. The lowest BCUT2D eigenvalue weighted by Crippen LogP contribution is -2.33. The maximum Gasteiger partial charge on any atom is 0.119 e. The van der Waals surface area contributed by atoms with Crippen LogP contribution in [0.5, 0.6) is 5.75 Å². The van der Waals surface area contributed by atoms with Crippen LogP contribution in [-0.4, -0.2) is 30.9 Å². The average molecular weight is 277 g/mol. The van der Waals surface area contributed by atoms with Crippen molar-refractivity contribution in [1.82, 2.24) is 5.32 Å². The molecule has 0 aromatic heterocycles. The fourth-order valence-electron chi connectivity index (χ4n) is 2.59. The second-order valence-corrected chi connectivity index (χ2v) is 6.15. The predicted molar refractivity (Wildman–Crippen MR) is 82.3 cm³/mol. The van der Waals surface area contributed by atoms with Gasteiger partial charge in [-0.3, -0.25) is 0 Å². The van der Waals surface area contributed by atoms with E-state index in [-0.39, 0.29) is 0 Å². The zero-order chi connectivity index (χ0) is 14.4. The second-order valence-electron chi connectivity index (χ2n) is 6.15. The van der Waals surface area contributed by atoms with Crippen LogP contribution < -0.4 is 10.1 Å². The quantitative estimate of drug-likeness (QED) is 0.805. The van der Waals surface area contributed by atoms with E-state index in [1.807, 2.05) is 6.07 Å². The highest BCUT2D eigenvalue weighted by atomic mass is 16.5. The summed E-state index contributed by atoms with van der Waals surface area (Å²) in [7, 11) is 0. The Bertz CT molecular complexity index is 417. The molecular formula is C17H27NO2. The normalized spacial score (nSPS) is 16.0. The van der Waals surface area contributed by atoms with E-state index >= 15 is 0 Å². The van der Waals surface area contributed by atoms with Crippen LogP contribution in [0.2, 0.25) is 0 Å². The Hall–Kier alpha value is -1.06. The molecule has 0 bridgehead atoms. The van der Waals surface area contributed by atoms with Gasteiger partial charge in [-0.15, -0.1) is 0 Å². The molecule has 3 nitrogen and oxygen atoms in total. The van der Waals surface area contributed by atoms with Crippen molar-refractivity contribution in [3.05, 3.63) is 29.3 Å². The van der Waals surface area contributed by atoms with Crippen LogP contribution in [-0.2, 0) is 12.8 Å². The molecule has 0 saturated carbocycles. The smallest absolute Gasteiger partial charge is 0.119 e. The third kappa shape index (κ3) is 4.80. The molecule has 3 heteroatoms. The molecule has 1 aromatic carbocycles. The highest BCUT2D eigenvalue weighted by Gasteiger charge is 2.11. The highest BCUT2D eigenvalue weighted by Crippen LogP contribution is 2.25. The summed E-state index contributed by atoms with van der Waals surface area (Å²) < 4.78 is 5.70. The molecule has 0 fully saturated rings. The number of aryl methyl sites for hydroxylation is 2. The van der Waals surface area contributed by atoms with Crippen molar-refractivity contribution in [2.24, 2.45) is 5.92 Å². The molecule has 2 rings (SSSR count). The topological polar surface area (TPSA) is 41.5 Å². The first-order chi connectivity index (χ1) is 9.65. The van der Waals surface area contributed by atoms with E-state index in [4.69, 9.17) is 4.74 Å².